The van der Waals surface area contributed by atoms with E-state index >= 15 is 0 Å². The van der Waals surface area contributed by atoms with Crippen LogP contribution < -0.4 is 0 Å². The molecular formula is C19H34O3S. The van der Waals surface area contributed by atoms with Gasteiger partial charge in [0.2, 0.25) is 4.93 Å². The molecule has 1 rings (SSSR count). The summed E-state index contributed by atoms with van der Waals surface area (Å²) in [6.45, 7) is 4.41. The number of unbranched alkanes of at least 4 members (excludes halogenated alkanes) is 7. The Morgan fingerprint density at radius 1 is 1.09 bits per heavy atom. The molecule has 0 aromatic heterocycles. The molecule has 134 valence electrons. The second-order valence-electron chi connectivity index (χ2n) is 6.54. The number of hydrogen-bond acceptors (Lipinski definition) is 3. The summed E-state index contributed by atoms with van der Waals surface area (Å²) in [5.74, 6) is -0.839. The molecule has 0 amide bonds. The van der Waals surface area contributed by atoms with Crippen LogP contribution >= 0.6 is 11.8 Å². The lowest BCUT2D eigenvalue weighted by Gasteiger charge is -2.29. The fourth-order valence-corrected chi connectivity index (χ4v) is 3.86. The van der Waals surface area contributed by atoms with E-state index in [1.165, 1.54) is 50.3 Å². The quantitative estimate of drug-likeness (QED) is 0.385. The summed E-state index contributed by atoms with van der Waals surface area (Å²) in [6.07, 6.45) is 15.6. The molecule has 0 aliphatic carbocycles. The van der Waals surface area contributed by atoms with Gasteiger partial charge in [0, 0.05) is 6.42 Å². The van der Waals surface area contributed by atoms with E-state index < -0.39 is 10.9 Å². The van der Waals surface area contributed by atoms with Gasteiger partial charge in [0.25, 0.3) is 0 Å². The van der Waals surface area contributed by atoms with Gasteiger partial charge in [0.05, 0.1) is 6.10 Å². The highest BCUT2D eigenvalue weighted by Crippen LogP contribution is 2.40. The standard InChI is InChI=1S/C19H34O3S/c1-3-5-7-8-9-10-11-14-17(13-6-4-2)22-19(18(20)21)15-12-16-23-19/h12,16-17H,3-11,13-15H2,1-2H3,(H,20,21). The Morgan fingerprint density at radius 2 is 1.70 bits per heavy atom. The number of carboxylic acid groups (broad SMARTS) is 1. The van der Waals surface area contributed by atoms with E-state index in [9.17, 15) is 9.90 Å². The van der Waals surface area contributed by atoms with E-state index in [2.05, 4.69) is 13.8 Å². The molecule has 2 unspecified atom stereocenters. The molecule has 0 spiro atoms. The van der Waals surface area contributed by atoms with Crippen molar-refractivity contribution in [3.05, 3.63) is 11.5 Å². The highest BCUT2D eigenvalue weighted by molar-refractivity contribution is 8.04. The van der Waals surface area contributed by atoms with Crippen LogP contribution in [0.5, 0.6) is 0 Å². The normalized spacial score (nSPS) is 21.7. The van der Waals surface area contributed by atoms with Crippen LogP contribution in [0.2, 0.25) is 0 Å². The van der Waals surface area contributed by atoms with E-state index in [4.69, 9.17) is 4.74 Å². The first-order chi connectivity index (χ1) is 11.1. The van der Waals surface area contributed by atoms with Crippen molar-refractivity contribution in [3.63, 3.8) is 0 Å². The summed E-state index contributed by atoms with van der Waals surface area (Å²) in [4.78, 5) is 10.6. The third-order valence-corrected chi connectivity index (χ3v) is 5.58. The number of aliphatic carboxylic acids is 1. The van der Waals surface area contributed by atoms with Gasteiger partial charge in [-0.3, -0.25) is 0 Å². The summed E-state index contributed by atoms with van der Waals surface area (Å²) in [5, 5.41) is 11.4. The van der Waals surface area contributed by atoms with Gasteiger partial charge in [-0.25, -0.2) is 4.79 Å². The van der Waals surface area contributed by atoms with Gasteiger partial charge >= 0.3 is 5.97 Å². The maximum atomic E-state index is 11.6. The molecule has 4 heteroatoms. The highest BCUT2D eigenvalue weighted by Gasteiger charge is 2.43. The zero-order chi connectivity index (χ0) is 17.0. The predicted molar refractivity (Wildman–Crippen MR) is 98.7 cm³/mol. The van der Waals surface area contributed by atoms with Crippen molar-refractivity contribution in [2.24, 2.45) is 0 Å². The SMILES string of the molecule is CCCCCCCCCC(CCCC)OC1(C(=O)O)CC=CS1. The van der Waals surface area contributed by atoms with Crippen molar-refractivity contribution in [1.82, 2.24) is 0 Å². The van der Waals surface area contributed by atoms with Crippen LogP contribution in [0.15, 0.2) is 11.5 Å². The monoisotopic (exact) mass is 342 g/mol. The smallest absolute Gasteiger partial charge is 0.347 e. The first-order valence-corrected chi connectivity index (χ1v) is 10.3. The van der Waals surface area contributed by atoms with Gasteiger partial charge in [0.1, 0.15) is 0 Å². The second-order valence-corrected chi connectivity index (χ2v) is 7.71. The first-order valence-electron chi connectivity index (χ1n) is 9.38. The van der Waals surface area contributed by atoms with Crippen molar-refractivity contribution >= 4 is 17.7 Å². The van der Waals surface area contributed by atoms with Crippen molar-refractivity contribution in [2.75, 3.05) is 0 Å². The number of carbonyl (C=O) groups is 1. The van der Waals surface area contributed by atoms with E-state index in [1.807, 2.05) is 11.5 Å². The van der Waals surface area contributed by atoms with Crippen LogP contribution in [0.4, 0.5) is 0 Å². The Bertz CT molecular complexity index is 347. The molecule has 1 aliphatic heterocycles. The molecule has 0 fully saturated rings. The molecule has 23 heavy (non-hydrogen) atoms. The Kier molecular flexibility index (Phi) is 10.7. The first kappa shape index (κ1) is 20.6. The molecule has 0 radical (unpaired) electrons. The summed E-state index contributed by atoms with van der Waals surface area (Å²) in [7, 11) is 0. The minimum atomic E-state index is -1.07. The highest BCUT2D eigenvalue weighted by atomic mass is 32.2. The summed E-state index contributed by atoms with van der Waals surface area (Å²) < 4.78 is 6.11. The Morgan fingerprint density at radius 3 is 2.26 bits per heavy atom. The predicted octanol–water partition coefficient (Wildman–Crippen LogP) is 6.13. The average Bonchev–Trinajstić information content (AvgIpc) is 3.01. The molecule has 3 nitrogen and oxygen atoms in total. The van der Waals surface area contributed by atoms with Gasteiger partial charge in [-0.05, 0) is 18.2 Å². The largest absolute Gasteiger partial charge is 0.478 e. The molecule has 0 saturated carbocycles. The van der Waals surface area contributed by atoms with E-state index in [1.54, 1.807) is 0 Å². The lowest BCUT2D eigenvalue weighted by Crippen LogP contribution is -2.39. The maximum absolute atomic E-state index is 11.6. The summed E-state index contributed by atoms with van der Waals surface area (Å²) in [6, 6.07) is 0. The van der Waals surface area contributed by atoms with Crippen molar-refractivity contribution in [1.29, 1.82) is 0 Å². The van der Waals surface area contributed by atoms with E-state index in [0.29, 0.717) is 6.42 Å². The third-order valence-electron chi connectivity index (χ3n) is 4.43. The minimum Gasteiger partial charge on any atom is -0.478 e. The molecule has 2 atom stereocenters. The van der Waals surface area contributed by atoms with Gasteiger partial charge in [-0.15, -0.1) is 0 Å². The Labute approximate surface area is 146 Å². The van der Waals surface area contributed by atoms with Gasteiger partial charge in [-0.2, -0.15) is 0 Å². The zero-order valence-electron chi connectivity index (χ0n) is 14.9. The molecule has 1 heterocycles. The fourth-order valence-electron chi connectivity index (χ4n) is 2.97. The van der Waals surface area contributed by atoms with E-state index in [0.717, 1.165) is 32.1 Å². The Balaban J connectivity index is 2.35. The number of hydrogen-bond donors (Lipinski definition) is 1. The maximum Gasteiger partial charge on any atom is 0.347 e. The van der Waals surface area contributed by atoms with Crippen LogP contribution in [0.25, 0.3) is 0 Å². The molecule has 1 aliphatic rings. The van der Waals surface area contributed by atoms with Crippen LogP contribution in [0.3, 0.4) is 0 Å². The van der Waals surface area contributed by atoms with Crippen molar-refractivity contribution < 1.29 is 14.6 Å². The summed E-state index contributed by atoms with van der Waals surface area (Å²) >= 11 is 1.31. The third kappa shape index (κ3) is 7.75. The molecule has 0 bridgehead atoms. The van der Waals surface area contributed by atoms with Crippen LogP contribution in [0, 0.1) is 0 Å². The number of thioether (sulfide) groups is 1. The Hall–Kier alpha value is -0.480. The summed E-state index contributed by atoms with van der Waals surface area (Å²) in [5.41, 5.74) is 0. The molecule has 0 aromatic rings. The molecule has 0 saturated heterocycles. The van der Waals surface area contributed by atoms with Gasteiger partial charge in [0.15, 0.2) is 0 Å². The minimum absolute atomic E-state index is 0.0779. The average molecular weight is 343 g/mol. The van der Waals surface area contributed by atoms with Crippen molar-refractivity contribution in [2.45, 2.75) is 102 Å². The van der Waals surface area contributed by atoms with Crippen molar-refractivity contribution in [3.8, 4) is 0 Å². The fraction of sp³-hybridized carbons (Fsp3) is 0.842. The lowest BCUT2D eigenvalue weighted by molar-refractivity contribution is -0.159. The van der Waals surface area contributed by atoms with Crippen LogP contribution in [-0.4, -0.2) is 22.1 Å². The number of carboxylic acids is 1. The van der Waals surface area contributed by atoms with Gasteiger partial charge in [-0.1, -0.05) is 89.5 Å². The second kappa shape index (κ2) is 12.0. The van der Waals surface area contributed by atoms with E-state index in [-0.39, 0.29) is 6.10 Å². The molecule has 0 aromatic carbocycles. The number of rotatable bonds is 14. The zero-order valence-corrected chi connectivity index (χ0v) is 15.7. The van der Waals surface area contributed by atoms with Crippen LogP contribution in [0.1, 0.15) is 90.9 Å². The number of ether oxygens (including phenoxy) is 1. The van der Waals surface area contributed by atoms with Gasteiger partial charge < -0.3 is 9.84 Å². The van der Waals surface area contributed by atoms with Crippen LogP contribution in [-0.2, 0) is 9.53 Å². The topological polar surface area (TPSA) is 46.5 Å². The lowest BCUT2D eigenvalue weighted by atomic mass is 10.0. The molecular weight excluding hydrogens is 308 g/mol. The molecule has 1 N–H and O–H groups in total.